The molecule has 4 rings (SSSR count). The Balaban J connectivity index is 1.63. The predicted octanol–water partition coefficient (Wildman–Crippen LogP) is 4.07. The summed E-state index contributed by atoms with van der Waals surface area (Å²) in [4.78, 5) is 29.8. The van der Waals surface area contributed by atoms with E-state index in [9.17, 15) is 9.59 Å². The molecule has 0 aromatic heterocycles. The number of carbonyl (C=O) groups is 2. The molecule has 0 N–H and O–H groups in total. The largest absolute Gasteiger partial charge is 0.334 e. The van der Waals surface area contributed by atoms with E-state index in [1.807, 2.05) is 18.2 Å². The molecule has 0 atom stereocenters. The Hall–Kier alpha value is -2.17. The first-order chi connectivity index (χ1) is 11.6. The van der Waals surface area contributed by atoms with Gasteiger partial charge in [-0.15, -0.1) is 0 Å². The molecule has 1 amide bonds. The summed E-state index contributed by atoms with van der Waals surface area (Å²) in [6.45, 7) is 0.971. The number of hydrogen-bond donors (Lipinski definition) is 0. The van der Waals surface area contributed by atoms with Crippen LogP contribution < -0.4 is 0 Å². The van der Waals surface area contributed by atoms with Gasteiger partial charge in [-0.1, -0.05) is 29.3 Å². The van der Waals surface area contributed by atoms with Gasteiger partial charge in [0.1, 0.15) is 0 Å². The summed E-state index contributed by atoms with van der Waals surface area (Å²) in [5.74, 6) is -0.0442. The Kier molecular flexibility index (Phi) is 3.66. The second-order valence-electron chi connectivity index (χ2n) is 5.85. The summed E-state index contributed by atoms with van der Waals surface area (Å²) < 4.78 is 0. The number of fused-ring (bicyclic) bond motifs is 2. The molecule has 0 radical (unpaired) electrons. The van der Waals surface area contributed by atoms with Crippen molar-refractivity contribution in [2.75, 3.05) is 6.54 Å². The zero-order chi connectivity index (χ0) is 16.8. The van der Waals surface area contributed by atoms with Gasteiger partial charge in [0.2, 0.25) is 0 Å². The zero-order valence-corrected chi connectivity index (χ0v) is 14.1. The van der Waals surface area contributed by atoms with Crippen molar-refractivity contribution >= 4 is 47.3 Å². The van der Waals surface area contributed by atoms with Gasteiger partial charge in [0.05, 0.1) is 21.3 Å². The SMILES string of the molecule is O=Cc1c(Cl)cc2c(c1Cl)CCN(C(=O)c1ccc3c(c1)N=C3)C2. The number of rotatable bonds is 2. The third-order valence-electron chi connectivity index (χ3n) is 4.47. The standard InChI is InChI=1S/C18H12Cl2N2O2/c19-15-5-12-8-22(4-3-13(12)17(20)14(15)9-23)18(24)10-1-2-11-7-21-16(11)6-10/h1-2,5-7,9H,3-4,8H2. The molecule has 0 fully saturated rings. The number of hydrogen-bond acceptors (Lipinski definition) is 3. The number of nitrogens with zero attached hydrogens (tertiary/aromatic N) is 2. The number of benzene rings is 2. The van der Waals surface area contributed by atoms with Gasteiger partial charge in [-0.2, -0.15) is 0 Å². The minimum absolute atomic E-state index is 0.0442. The van der Waals surface area contributed by atoms with Crippen LogP contribution in [0.2, 0.25) is 10.0 Å². The lowest BCUT2D eigenvalue weighted by Gasteiger charge is -2.30. The van der Waals surface area contributed by atoms with E-state index in [4.69, 9.17) is 23.2 Å². The van der Waals surface area contributed by atoms with Gasteiger partial charge in [0, 0.05) is 30.4 Å². The Labute approximate surface area is 148 Å². The van der Waals surface area contributed by atoms with E-state index in [1.54, 1.807) is 17.2 Å². The number of carbonyl (C=O) groups excluding carboxylic acids is 2. The molecule has 0 saturated carbocycles. The summed E-state index contributed by atoms with van der Waals surface area (Å²) in [7, 11) is 0. The first-order valence-corrected chi connectivity index (χ1v) is 8.26. The first-order valence-electron chi connectivity index (χ1n) is 7.51. The summed E-state index contributed by atoms with van der Waals surface area (Å²) in [5.41, 5.74) is 4.62. The molecule has 2 aromatic rings. The van der Waals surface area contributed by atoms with E-state index >= 15 is 0 Å². The van der Waals surface area contributed by atoms with E-state index in [0.717, 1.165) is 22.4 Å². The highest BCUT2D eigenvalue weighted by Gasteiger charge is 2.26. The monoisotopic (exact) mass is 358 g/mol. The highest BCUT2D eigenvalue weighted by molar-refractivity contribution is 6.39. The molecule has 4 nitrogen and oxygen atoms in total. The molecule has 0 saturated heterocycles. The Morgan fingerprint density at radius 1 is 1.25 bits per heavy atom. The maximum atomic E-state index is 12.7. The van der Waals surface area contributed by atoms with E-state index in [0.29, 0.717) is 47.0 Å². The van der Waals surface area contributed by atoms with Gasteiger partial charge in [0.25, 0.3) is 5.91 Å². The lowest BCUT2D eigenvalue weighted by molar-refractivity contribution is 0.0734. The molecule has 0 bridgehead atoms. The van der Waals surface area contributed by atoms with Crippen LogP contribution in [0, 0.1) is 0 Å². The van der Waals surface area contributed by atoms with Crippen LogP contribution in [0.3, 0.4) is 0 Å². The van der Waals surface area contributed by atoms with Crippen LogP contribution in [0.5, 0.6) is 0 Å². The van der Waals surface area contributed by atoms with Gasteiger partial charge in [-0.3, -0.25) is 14.6 Å². The Morgan fingerprint density at radius 2 is 2.08 bits per heavy atom. The maximum absolute atomic E-state index is 12.7. The first kappa shape index (κ1) is 15.4. The van der Waals surface area contributed by atoms with E-state index in [-0.39, 0.29) is 5.91 Å². The van der Waals surface area contributed by atoms with Gasteiger partial charge >= 0.3 is 0 Å². The third kappa shape index (κ3) is 2.34. The fourth-order valence-electron chi connectivity index (χ4n) is 3.10. The minimum atomic E-state index is -0.0442. The van der Waals surface area contributed by atoms with E-state index in [1.165, 1.54) is 0 Å². The van der Waals surface area contributed by atoms with Crippen LogP contribution in [0.25, 0.3) is 0 Å². The van der Waals surface area contributed by atoms with Crippen molar-refractivity contribution in [1.82, 2.24) is 4.90 Å². The smallest absolute Gasteiger partial charge is 0.254 e. The quantitative estimate of drug-likeness (QED) is 0.648. The molecule has 2 aliphatic rings. The van der Waals surface area contributed by atoms with Crippen molar-refractivity contribution in [3.05, 3.63) is 62.1 Å². The lowest BCUT2D eigenvalue weighted by Crippen LogP contribution is -2.36. The summed E-state index contributed by atoms with van der Waals surface area (Å²) in [6, 6.07) is 7.26. The Bertz CT molecular complexity index is 922. The predicted molar refractivity (Wildman–Crippen MR) is 94.0 cm³/mol. The highest BCUT2D eigenvalue weighted by Crippen LogP contribution is 2.34. The molecule has 2 aliphatic heterocycles. The molecule has 0 aliphatic carbocycles. The highest BCUT2D eigenvalue weighted by atomic mass is 35.5. The van der Waals surface area contributed by atoms with Crippen LogP contribution in [0.4, 0.5) is 5.69 Å². The van der Waals surface area contributed by atoms with Gasteiger partial charge < -0.3 is 4.90 Å². The topological polar surface area (TPSA) is 49.7 Å². The zero-order valence-electron chi connectivity index (χ0n) is 12.6. The van der Waals surface area contributed by atoms with Crippen LogP contribution in [0.1, 0.15) is 37.4 Å². The van der Waals surface area contributed by atoms with Crippen LogP contribution >= 0.6 is 23.2 Å². The minimum Gasteiger partial charge on any atom is -0.334 e. The average molecular weight is 359 g/mol. The van der Waals surface area contributed by atoms with E-state index < -0.39 is 0 Å². The molecule has 0 spiro atoms. The van der Waals surface area contributed by atoms with Crippen LogP contribution in [0.15, 0.2) is 29.3 Å². The number of amides is 1. The van der Waals surface area contributed by atoms with Crippen LogP contribution in [-0.2, 0) is 13.0 Å². The number of aldehydes is 1. The maximum Gasteiger partial charge on any atom is 0.254 e. The second kappa shape index (κ2) is 5.72. The summed E-state index contributed by atoms with van der Waals surface area (Å²) >= 11 is 12.4. The van der Waals surface area contributed by atoms with Gasteiger partial charge in [-0.05, 0) is 35.7 Å². The third-order valence-corrected chi connectivity index (χ3v) is 5.21. The fourth-order valence-corrected chi connectivity index (χ4v) is 3.78. The average Bonchev–Trinajstić information content (AvgIpc) is 2.55. The molecule has 6 heteroatoms. The molecular formula is C18H12Cl2N2O2. The van der Waals surface area contributed by atoms with Crippen molar-refractivity contribution in [2.24, 2.45) is 4.99 Å². The van der Waals surface area contributed by atoms with Crippen LogP contribution in [-0.4, -0.2) is 29.9 Å². The molecule has 2 heterocycles. The van der Waals surface area contributed by atoms with Gasteiger partial charge in [-0.25, -0.2) is 0 Å². The fraction of sp³-hybridized carbons (Fsp3) is 0.167. The number of halogens is 2. The number of aliphatic imine (C=N–C) groups is 1. The van der Waals surface area contributed by atoms with Crippen molar-refractivity contribution in [2.45, 2.75) is 13.0 Å². The van der Waals surface area contributed by atoms with Gasteiger partial charge in [0.15, 0.2) is 6.29 Å². The van der Waals surface area contributed by atoms with Crippen molar-refractivity contribution in [3.63, 3.8) is 0 Å². The molecule has 24 heavy (non-hydrogen) atoms. The Morgan fingerprint density at radius 3 is 2.75 bits per heavy atom. The summed E-state index contributed by atoms with van der Waals surface area (Å²) in [5, 5.41) is 0.716. The van der Waals surface area contributed by atoms with E-state index in [2.05, 4.69) is 4.99 Å². The van der Waals surface area contributed by atoms with Crippen molar-refractivity contribution < 1.29 is 9.59 Å². The summed E-state index contributed by atoms with van der Waals surface area (Å²) in [6.07, 6.45) is 3.04. The normalized spacial score (nSPS) is 14.7. The lowest BCUT2D eigenvalue weighted by atomic mass is 9.96. The van der Waals surface area contributed by atoms with Crippen molar-refractivity contribution in [1.29, 1.82) is 0 Å². The molecule has 2 aromatic carbocycles. The molecule has 0 unspecified atom stereocenters. The van der Waals surface area contributed by atoms with Crippen molar-refractivity contribution in [3.8, 4) is 0 Å². The second-order valence-corrected chi connectivity index (χ2v) is 6.64. The molecular weight excluding hydrogens is 347 g/mol. The molecule has 120 valence electrons.